The van der Waals surface area contributed by atoms with Gasteiger partial charge in [-0.3, -0.25) is 4.79 Å². The molecule has 0 unspecified atom stereocenters. The number of hydrogen-bond donors (Lipinski definition) is 0. The molecule has 1 atom stereocenters. The molecular weight excluding hydrogens is 207 g/mol. The summed E-state index contributed by atoms with van der Waals surface area (Å²) in [7, 11) is 0. The Kier molecular flexibility index (Phi) is 2.42. The lowest BCUT2D eigenvalue weighted by Gasteiger charge is -2.09. The lowest BCUT2D eigenvalue weighted by Crippen LogP contribution is -1.98. The molecule has 1 aromatic rings. The van der Waals surface area contributed by atoms with Crippen LogP contribution in [-0.4, -0.2) is 5.97 Å². The SMILES string of the molecule is O=C1CC[C@H](c2ccc(F)c(Cl)c2)O1. The van der Waals surface area contributed by atoms with E-state index in [2.05, 4.69) is 0 Å². The average molecular weight is 215 g/mol. The molecule has 1 aromatic carbocycles. The van der Waals surface area contributed by atoms with E-state index < -0.39 is 5.82 Å². The van der Waals surface area contributed by atoms with Gasteiger partial charge in [-0.25, -0.2) is 4.39 Å². The first-order valence-corrected chi connectivity index (χ1v) is 4.69. The first kappa shape index (κ1) is 9.46. The molecule has 0 spiro atoms. The number of rotatable bonds is 1. The van der Waals surface area contributed by atoms with Gasteiger partial charge in [-0.1, -0.05) is 17.7 Å². The lowest BCUT2D eigenvalue weighted by atomic mass is 10.1. The first-order chi connectivity index (χ1) is 6.66. The van der Waals surface area contributed by atoms with E-state index in [-0.39, 0.29) is 17.1 Å². The zero-order valence-electron chi connectivity index (χ0n) is 7.30. The van der Waals surface area contributed by atoms with Crippen LogP contribution in [0.1, 0.15) is 24.5 Å². The molecule has 0 amide bonds. The molecule has 0 N–H and O–H groups in total. The van der Waals surface area contributed by atoms with Crippen molar-refractivity contribution in [2.45, 2.75) is 18.9 Å². The van der Waals surface area contributed by atoms with Gasteiger partial charge < -0.3 is 4.74 Å². The molecule has 74 valence electrons. The van der Waals surface area contributed by atoms with Gasteiger partial charge in [0, 0.05) is 6.42 Å². The first-order valence-electron chi connectivity index (χ1n) is 4.31. The molecule has 1 aliphatic heterocycles. The van der Waals surface area contributed by atoms with E-state index in [0.717, 1.165) is 5.56 Å². The van der Waals surface area contributed by atoms with Gasteiger partial charge in [-0.05, 0) is 24.1 Å². The molecular formula is C10H8ClFO2. The van der Waals surface area contributed by atoms with Crippen LogP contribution in [0.2, 0.25) is 5.02 Å². The summed E-state index contributed by atoms with van der Waals surface area (Å²) < 4.78 is 17.8. The Hall–Kier alpha value is -1.09. The molecule has 1 fully saturated rings. The highest BCUT2D eigenvalue weighted by atomic mass is 35.5. The molecule has 2 nitrogen and oxygen atoms in total. The van der Waals surface area contributed by atoms with Crippen LogP contribution in [-0.2, 0) is 9.53 Å². The number of benzene rings is 1. The second kappa shape index (κ2) is 3.58. The zero-order valence-corrected chi connectivity index (χ0v) is 8.05. The molecule has 4 heteroatoms. The van der Waals surface area contributed by atoms with Gasteiger partial charge in [0.15, 0.2) is 0 Å². The third kappa shape index (κ3) is 1.73. The van der Waals surface area contributed by atoms with Crippen LogP contribution < -0.4 is 0 Å². The highest BCUT2D eigenvalue weighted by Gasteiger charge is 2.25. The largest absolute Gasteiger partial charge is 0.457 e. The van der Waals surface area contributed by atoms with Crippen molar-refractivity contribution in [2.75, 3.05) is 0 Å². The summed E-state index contributed by atoms with van der Waals surface area (Å²) in [5, 5.41) is 0.0606. The van der Waals surface area contributed by atoms with Crippen LogP contribution in [0, 0.1) is 5.82 Å². The van der Waals surface area contributed by atoms with E-state index in [0.29, 0.717) is 12.8 Å². The van der Waals surface area contributed by atoms with Crippen molar-refractivity contribution in [3.63, 3.8) is 0 Å². The van der Waals surface area contributed by atoms with Gasteiger partial charge in [0.05, 0.1) is 5.02 Å². The van der Waals surface area contributed by atoms with Gasteiger partial charge in [-0.2, -0.15) is 0 Å². The van der Waals surface area contributed by atoms with Crippen LogP contribution in [0.4, 0.5) is 4.39 Å². The third-order valence-corrected chi connectivity index (χ3v) is 2.49. The summed E-state index contributed by atoms with van der Waals surface area (Å²) in [5.74, 6) is -0.671. The van der Waals surface area contributed by atoms with Crippen molar-refractivity contribution in [3.05, 3.63) is 34.6 Å². The van der Waals surface area contributed by atoms with Crippen molar-refractivity contribution in [1.82, 2.24) is 0 Å². The second-order valence-electron chi connectivity index (χ2n) is 3.19. The summed E-state index contributed by atoms with van der Waals surface area (Å²) in [6, 6.07) is 4.37. The maximum atomic E-state index is 12.8. The van der Waals surface area contributed by atoms with Gasteiger partial charge in [-0.15, -0.1) is 0 Å². The third-order valence-electron chi connectivity index (χ3n) is 2.20. The van der Waals surface area contributed by atoms with Crippen molar-refractivity contribution >= 4 is 17.6 Å². The predicted octanol–water partition coefficient (Wildman–Crippen LogP) is 2.86. The molecule has 0 aliphatic carbocycles. The number of carbonyl (C=O) groups excluding carboxylic acids is 1. The Labute approximate surface area is 85.6 Å². The molecule has 14 heavy (non-hydrogen) atoms. The highest BCUT2D eigenvalue weighted by molar-refractivity contribution is 6.30. The quantitative estimate of drug-likeness (QED) is 0.672. The van der Waals surface area contributed by atoms with E-state index in [1.54, 1.807) is 6.07 Å². The molecule has 1 heterocycles. The number of ether oxygens (including phenoxy) is 1. The highest BCUT2D eigenvalue weighted by Crippen LogP contribution is 2.31. The van der Waals surface area contributed by atoms with Gasteiger partial charge in [0.25, 0.3) is 0 Å². The monoisotopic (exact) mass is 214 g/mol. The predicted molar refractivity (Wildman–Crippen MR) is 49.5 cm³/mol. The van der Waals surface area contributed by atoms with Crippen LogP contribution >= 0.6 is 11.6 Å². The molecule has 0 bridgehead atoms. The summed E-state index contributed by atoms with van der Waals surface area (Å²) >= 11 is 5.61. The lowest BCUT2D eigenvalue weighted by molar-refractivity contribution is -0.141. The Bertz CT molecular complexity index is 378. The van der Waals surface area contributed by atoms with Gasteiger partial charge in [0.1, 0.15) is 11.9 Å². The van der Waals surface area contributed by atoms with Crippen LogP contribution in [0.5, 0.6) is 0 Å². The van der Waals surface area contributed by atoms with Crippen LogP contribution in [0.3, 0.4) is 0 Å². The molecule has 1 aliphatic rings. The van der Waals surface area contributed by atoms with Crippen LogP contribution in [0.15, 0.2) is 18.2 Å². The number of halogens is 2. The van der Waals surface area contributed by atoms with Gasteiger partial charge >= 0.3 is 5.97 Å². The molecule has 0 saturated carbocycles. The van der Waals surface area contributed by atoms with Crippen LogP contribution in [0.25, 0.3) is 0 Å². The second-order valence-corrected chi connectivity index (χ2v) is 3.60. The van der Waals surface area contributed by atoms with Crippen molar-refractivity contribution in [3.8, 4) is 0 Å². The minimum Gasteiger partial charge on any atom is -0.457 e. The zero-order chi connectivity index (χ0) is 10.1. The normalized spacial score (nSPS) is 21.0. The summed E-state index contributed by atoms with van der Waals surface area (Å²) in [5.41, 5.74) is 0.752. The Balaban J connectivity index is 2.24. The van der Waals surface area contributed by atoms with E-state index in [9.17, 15) is 9.18 Å². The minimum absolute atomic E-state index is 0.0606. The van der Waals surface area contributed by atoms with E-state index >= 15 is 0 Å². The van der Waals surface area contributed by atoms with Gasteiger partial charge in [0.2, 0.25) is 0 Å². The topological polar surface area (TPSA) is 26.3 Å². The number of carbonyl (C=O) groups is 1. The summed E-state index contributed by atoms with van der Waals surface area (Å²) in [6.07, 6.45) is 0.793. The van der Waals surface area contributed by atoms with E-state index in [4.69, 9.17) is 16.3 Å². The maximum Gasteiger partial charge on any atom is 0.306 e. The summed E-state index contributed by atoms with van der Waals surface area (Å²) in [6.45, 7) is 0. The van der Waals surface area contributed by atoms with Crippen molar-refractivity contribution in [2.24, 2.45) is 0 Å². The fourth-order valence-corrected chi connectivity index (χ4v) is 1.66. The molecule has 0 aromatic heterocycles. The fraction of sp³-hybridized carbons (Fsp3) is 0.300. The molecule has 0 radical (unpaired) electrons. The Morgan fingerprint density at radius 1 is 1.50 bits per heavy atom. The van der Waals surface area contributed by atoms with Crippen molar-refractivity contribution in [1.29, 1.82) is 0 Å². The smallest absolute Gasteiger partial charge is 0.306 e. The number of esters is 1. The molecule has 2 rings (SSSR count). The molecule has 1 saturated heterocycles. The Morgan fingerprint density at radius 3 is 2.86 bits per heavy atom. The van der Waals surface area contributed by atoms with E-state index in [1.165, 1.54) is 12.1 Å². The maximum absolute atomic E-state index is 12.8. The minimum atomic E-state index is -0.459. The standard InChI is InChI=1S/C10H8ClFO2/c11-7-5-6(1-2-8(7)12)9-3-4-10(13)14-9/h1-2,5,9H,3-4H2/t9-/m1/s1. The average Bonchev–Trinajstić information content (AvgIpc) is 2.57. The summed E-state index contributed by atoms with van der Waals surface area (Å²) in [4.78, 5) is 10.8. The fourth-order valence-electron chi connectivity index (χ4n) is 1.47. The Morgan fingerprint density at radius 2 is 2.29 bits per heavy atom. The number of cyclic esters (lactones) is 1. The number of hydrogen-bond acceptors (Lipinski definition) is 2. The van der Waals surface area contributed by atoms with Crippen molar-refractivity contribution < 1.29 is 13.9 Å². The van der Waals surface area contributed by atoms with E-state index in [1.807, 2.05) is 0 Å².